The molecule has 200 valence electrons. The van der Waals surface area contributed by atoms with Crippen molar-refractivity contribution in [3.63, 3.8) is 0 Å². The van der Waals surface area contributed by atoms with Gasteiger partial charge in [-0.1, -0.05) is 25.1 Å². The molecule has 0 bridgehead atoms. The number of rotatable bonds is 9. The second-order valence-corrected chi connectivity index (χ2v) is 13.3. The molecule has 6 nitrogen and oxygen atoms in total. The quantitative estimate of drug-likeness (QED) is 0.344. The summed E-state index contributed by atoms with van der Waals surface area (Å²) in [6, 6.07) is 21.1. The Kier molecular flexibility index (Phi) is 6.68. The van der Waals surface area contributed by atoms with Crippen molar-refractivity contribution in [2.75, 3.05) is 17.2 Å². The molecule has 0 aromatic heterocycles. The van der Waals surface area contributed by atoms with Crippen LogP contribution in [0.4, 0.5) is 11.4 Å². The van der Waals surface area contributed by atoms with Gasteiger partial charge in [-0.2, -0.15) is 5.26 Å². The number of nitrogens with one attached hydrogen (secondary N) is 1. The SMILES string of the molecule is CCS(=O)(=O)c1ccc(C(CC#N)NC(=O)c2ccc3c(c2)CCN3c2cc(C3CC3)cc(C3CC3)c2)cc1. The molecular weight excluding hydrogens is 506 g/mol. The van der Waals surface area contributed by atoms with Crippen molar-refractivity contribution in [2.24, 2.45) is 0 Å². The van der Waals surface area contributed by atoms with Crippen molar-refractivity contribution in [1.29, 1.82) is 5.26 Å². The molecule has 0 radical (unpaired) electrons. The van der Waals surface area contributed by atoms with Crippen LogP contribution in [0.5, 0.6) is 0 Å². The van der Waals surface area contributed by atoms with Crippen LogP contribution in [0.1, 0.15) is 89.5 Å². The van der Waals surface area contributed by atoms with Gasteiger partial charge in [0.25, 0.3) is 5.91 Å². The average Bonchev–Trinajstić information content (AvgIpc) is 3.89. The Bertz CT molecular complexity index is 1530. The highest BCUT2D eigenvalue weighted by molar-refractivity contribution is 7.91. The van der Waals surface area contributed by atoms with Gasteiger partial charge in [0.05, 0.1) is 29.2 Å². The highest BCUT2D eigenvalue weighted by Gasteiger charge is 2.30. The minimum Gasteiger partial charge on any atom is -0.344 e. The topological polar surface area (TPSA) is 90.3 Å². The normalized spacial score (nSPS) is 17.4. The molecule has 0 saturated heterocycles. The van der Waals surface area contributed by atoms with Crippen molar-refractivity contribution in [2.45, 2.75) is 68.2 Å². The zero-order valence-electron chi connectivity index (χ0n) is 22.2. The number of carbonyl (C=O) groups is 1. The number of benzene rings is 3. The summed E-state index contributed by atoms with van der Waals surface area (Å²) in [5.41, 5.74) is 7.79. The molecule has 39 heavy (non-hydrogen) atoms. The number of hydrogen-bond acceptors (Lipinski definition) is 5. The van der Waals surface area contributed by atoms with E-state index in [2.05, 4.69) is 34.5 Å². The Morgan fingerprint density at radius 3 is 2.26 bits per heavy atom. The number of sulfone groups is 1. The third kappa shape index (κ3) is 5.31. The first-order valence-corrected chi connectivity index (χ1v) is 15.6. The standard InChI is InChI=1S/C32H33N3O3S/c1-2-39(37,38)29-10-7-23(8-11-29)30(13-15-33)34-32(36)25-9-12-31-24(17-25)14-16-35(31)28-19-26(21-3-4-21)18-27(20-28)22-5-6-22/h7-12,17-22,30H,2-6,13-14,16H2,1H3,(H,34,36). The maximum Gasteiger partial charge on any atom is 0.251 e. The van der Waals surface area contributed by atoms with Gasteiger partial charge in [-0.15, -0.1) is 0 Å². The molecule has 3 aromatic rings. The fourth-order valence-corrected chi connectivity index (χ4v) is 6.47. The van der Waals surface area contributed by atoms with E-state index < -0.39 is 15.9 Å². The molecule has 1 atom stereocenters. The molecule has 1 heterocycles. The molecule has 6 rings (SSSR count). The third-order valence-corrected chi connectivity index (χ3v) is 9.98. The Balaban J connectivity index is 1.21. The second-order valence-electron chi connectivity index (χ2n) is 11.0. The summed E-state index contributed by atoms with van der Waals surface area (Å²) in [7, 11) is -3.31. The summed E-state index contributed by atoms with van der Waals surface area (Å²) in [4.78, 5) is 15.9. The summed E-state index contributed by atoms with van der Waals surface area (Å²) in [5, 5.41) is 12.4. The molecular formula is C32H33N3O3S. The van der Waals surface area contributed by atoms with E-state index in [1.165, 1.54) is 42.5 Å². The van der Waals surface area contributed by atoms with E-state index in [-0.39, 0.29) is 23.0 Å². The number of fused-ring (bicyclic) bond motifs is 1. The first-order chi connectivity index (χ1) is 18.9. The van der Waals surface area contributed by atoms with Crippen LogP contribution in [0.25, 0.3) is 0 Å². The van der Waals surface area contributed by atoms with E-state index in [1.807, 2.05) is 18.2 Å². The summed E-state index contributed by atoms with van der Waals surface area (Å²) in [6.07, 6.45) is 6.12. The third-order valence-electron chi connectivity index (χ3n) is 8.23. The number of amides is 1. The number of nitrogens with zero attached hydrogens (tertiary/aromatic N) is 2. The molecule has 2 saturated carbocycles. The average molecular weight is 540 g/mol. The highest BCUT2D eigenvalue weighted by atomic mass is 32.2. The summed E-state index contributed by atoms with van der Waals surface area (Å²) in [5.74, 6) is 1.20. The zero-order valence-corrected chi connectivity index (χ0v) is 23.0. The molecule has 2 aliphatic carbocycles. The number of anilines is 2. The highest BCUT2D eigenvalue weighted by Crippen LogP contribution is 2.47. The monoisotopic (exact) mass is 539 g/mol. The molecule has 1 aliphatic heterocycles. The molecule has 3 aliphatic rings. The van der Waals surface area contributed by atoms with Crippen LogP contribution in [0.3, 0.4) is 0 Å². The van der Waals surface area contributed by atoms with Crippen LogP contribution in [-0.4, -0.2) is 26.6 Å². The summed E-state index contributed by atoms with van der Waals surface area (Å²) in [6.45, 7) is 2.50. The molecule has 1 N–H and O–H groups in total. The Hall–Kier alpha value is -3.63. The van der Waals surface area contributed by atoms with Crippen LogP contribution in [-0.2, 0) is 16.3 Å². The lowest BCUT2D eigenvalue weighted by Crippen LogP contribution is -2.28. The lowest BCUT2D eigenvalue weighted by Gasteiger charge is -2.22. The minimum atomic E-state index is -3.31. The van der Waals surface area contributed by atoms with Gasteiger partial charge in [0.1, 0.15) is 0 Å². The van der Waals surface area contributed by atoms with E-state index >= 15 is 0 Å². The van der Waals surface area contributed by atoms with Gasteiger partial charge in [0, 0.05) is 23.5 Å². The van der Waals surface area contributed by atoms with E-state index in [4.69, 9.17) is 0 Å². The van der Waals surface area contributed by atoms with Crippen molar-refractivity contribution >= 4 is 27.1 Å². The second kappa shape index (κ2) is 10.2. The number of nitriles is 1. The molecule has 2 fully saturated rings. The van der Waals surface area contributed by atoms with Gasteiger partial charge in [0.15, 0.2) is 9.84 Å². The van der Waals surface area contributed by atoms with Crippen LogP contribution in [0, 0.1) is 11.3 Å². The Morgan fingerprint density at radius 1 is 1.00 bits per heavy atom. The first-order valence-electron chi connectivity index (χ1n) is 13.9. The molecule has 1 amide bonds. The maximum absolute atomic E-state index is 13.3. The van der Waals surface area contributed by atoms with E-state index in [0.29, 0.717) is 23.0 Å². The predicted molar refractivity (Wildman–Crippen MR) is 152 cm³/mol. The van der Waals surface area contributed by atoms with Crippen molar-refractivity contribution < 1.29 is 13.2 Å². The predicted octanol–water partition coefficient (Wildman–Crippen LogP) is 6.31. The van der Waals surface area contributed by atoms with Crippen LogP contribution < -0.4 is 10.2 Å². The molecule has 1 unspecified atom stereocenters. The molecule has 3 aromatic carbocycles. The van der Waals surface area contributed by atoms with Gasteiger partial charge in [-0.3, -0.25) is 4.79 Å². The summed E-state index contributed by atoms with van der Waals surface area (Å²) >= 11 is 0. The van der Waals surface area contributed by atoms with Gasteiger partial charge in [-0.25, -0.2) is 8.42 Å². The van der Waals surface area contributed by atoms with E-state index in [9.17, 15) is 18.5 Å². The van der Waals surface area contributed by atoms with Crippen molar-refractivity contribution in [1.82, 2.24) is 5.32 Å². The lowest BCUT2D eigenvalue weighted by atomic mass is 10.0. The Morgan fingerprint density at radius 2 is 1.67 bits per heavy atom. The Labute approximate surface area is 230 Å². The van der Waals surface area contributed by atoms with Crippen LogP contribution in [0.2, 0.25) is 0 Å². The minimum absolute atomic E-state index is 0.0219. The van der Waals surface area contributed by atoms with Crippen LogP contribution in [0.15, 0.2) is 65.6 Å². The first kappa shape index (κ1) is 25.6. The zero-order chi connectivity index (χ0) is 27.1. The van der Waals surface area contributed by atoms with Crippen molar-refractivity contribution in [3.8, 4) is 6.07 Å². The molecule has 0 spiro atoms. The summed E-state index contributed by atoms with van der Waals surface area (Å²) < 4.78 is 24.3. The van der Waals surface area contributed by atoms with Crippen molar-refractivity contribution in [3.05, 3.63) is 88.5 Å². The lowest BCUT2D eigenvalue weighted by molar-refractivity contribution is 0.0937. The maximum atomic E-state index is 13.3. The largest absolute Gasteiger partial charge is 0.344 e. The van der Waals surface area contributed by atoms with E-state index in [0.717, 1.165) is 24.2 Å². The fourth-order valence-electron chi connectivity index (χ4n) is 5.59. The number of carbonyl (C=O) groups excluding carboxylic acids is 1. The fraction of sp³-hybridized carbons (Fsp3) is 0.375. The van der Waals surface area contributed by atoms with E-state index in [1.54, 1.807) is 31.2 Å². The number of hydrogen-bond donors (Lipinski definition) is 1. The van der Waals surface area contributed by atoms with Gasteiger partial charge < -0.3 is 10.2 Å². The van der Waals surface area contributed by atoms with Gasteiger partial charge in [-0.05, 0) is 109 Å². The smallest absolute Gasteiger partial charge is 0.251 e. The van der Waals surface area contributed by atoms with Gasteiger partial charge in [0.2, 0.25) is 0 Å². The van der Waals surface area contributed by atoms with Crippen LogP contribution >= 0.6 is 0 Å². The molecule has 7 heteroatoms. The van der Waals surface area contributed by atoms with Gasteiger partial charge >= 0.3 is 0 Å².